The molecule has 1 aromatic carbocycles. The number of carbonyl (C=O) groups excluding carboxylic acids is 2. The first-order valence-electron chi connectivity index (χ1n) is 6.23. The number of halogens is 1. The molecule has 0 bridgehead atoms. The molecule has 1 aliphatic heterocycles. The summed E-state index contributed by atoms with van der Waals surface area (Å²) < 4.78 is 14.7. The Kier molecular flexibility index (Phi) is 4.89. The molecule has 1 aliphatic rings. The molecule has 0 aromatic heterocycles. The van der Waals surface area contributed by atoms with Crippen LogP contribution in [0.3, 0.4) is 0 Å². The van der Waals surface area contributed by atoms with Gasteiger partial charge < -0.3 is 24.2 Å². The van der Waals surface area contributed by atoms with Gasteiger partial charge >= 0.3 is 11.9 Å². The van der Waals surface area contributed by atoms with E-state index in [9.17, 15) is 14.7 Å². The highest BCUT2D eigenvalue weighted by atomic mass is 35.5. The Morgan fingerprint density at radius 3 is 2.55 bits per heavy atom. The zero-order chi connectivity index (χ0) is 16.3. The number of phenolic OH excluding ortho intramolecular Hbond substituents is 1. The smallest absolute Gasteiger partial charge is 0.355 e. The number of methoxy groups -OCH3 is 2. The van der Waals surface area contributed by atoms with Crippen LogP contribution < -0.4 is 4.90 Å². The summed E-state index contributed by atoms with van der Waals surface area (Å²) >= 11 is 6.09. The lowest BCUT2D eigenvalue weighted by molar-refractivity contribution is -0.140. The van der Waals surface area contributed by atoms with Crippen LogP contribution in [-0.2, 0) is 23.8 Å². The van der Waals surface area contributed by atoms with E-state index in [1.807, 2.05) is 0 Å². The maximum atomic E-state index is 12.1. The number of benzene rings is 1. The van der Waals surface area contributed by atoms with E-state index in [0.717, 1.165) is 0 Å². The summed E-state index contributed by atoms with van der Waals surface area (Å²) in [5.41, 5.74) is 0.416. The summed E-state index contributed by atoms with van der Waals surface area (Å²) in [5.74, 6) is -1.43. The fraction of sp³-hybridized carbons (Fsp3) is 0.286. The fourth-order valence-corrected chi connectivity index (χ4v) is 2.33. The summed E-state index contributed by atoms with van der Waals surface area (Å²) in [4.78, 5) is 25.3. The van der Waals surface area contributed by atoms with Gasteiger partial charge in [-0.3, -0.25) is 0 Å². The van der Waals surface area contributed by atoms with E-state index >= 15 is 0 Å². The van der Waals surface area contributed by atoms with Crippen molar-refractivity contribution in [3.05, 3.63) is 34.5 Å². The van der Waals surface area contributed by atoms with Gasteiger partial charge in [-0.2, -0.15) is 0 Å². The van der Waals surface area contributed by atoms with Gasteiger partial charge in [-0.25, -0.2) is 9.59 Å². The van der Waals surface area contributed by atoms with Crippen LogP contribution in [0.25, 0.3) is 0 Å². The molecule has 8 heteroatoms. The number of anilines is 1. The van der Waals surface area contributed by atoms with E-state index in [1.165, 1.54) is 37.3 Å². The van der Waals surface area contributed by atoms with Crippen molar-refractivity contribution in [1.29, 1.82) is 0 Å². The number of hydrogen-bond donors (Lipinski definition) is 1. The monoisotopic (exact) mass is 327 g/mol. The maximum absolute atomic E-state index is 12.1. The van der Waals surface area contributed by atoms with Crippen LogP contribution in [0.1, 0.15) is 0 Å². The summed E-state index contributed by atoms with van der Waals surface area (Å²) in [6, 6.07) is 4.23. The number of carbonyl (C=O) groups is 2. The normalized spacial score (nSPS) is 14.8. The molecule has 7 nitrogen and oxygen atoms in total. The zero-order valence-electron chi connectivity index (χ0n) is 12.0. The number of nitrogens with zero attached hydrogens (tertiary/aromatic N) is 1. The molecular formula is C14H14ClNO6. The molecule has 2 rings (SSSR count). The van der Waals surface area contributed by atoms with Crippen LogP contribution in [0, 0.1) is 0 Å². The van der Waals surface area contributed by atoms with Crippen molar-refractivity contribution >= 4 is 29.2 Å². The van der Waals surface area contributed by atoms with Crippen molar-refractivity contribution in [1.82, 2.24) is 0 Å². The van der Waals surface area contributed by atoms with Crippen LogP contribution >= 0.6 is 11.6 Å². The molecule has 0 atom stereocenters. The van der Waals surface area contributed by atoms with Gasteiger partial charge in [0.15, 0.2) is 0 Å². The summed E-state index contributed by atoms with van der Waals surface area (Å²) in [7, 11) is 2.41. The summed E-state index contributed by atoms with van der Waals surface area (Å²) in [5, 5.41) is 9.61. The number of ether oxygens (including phenoxy) is 3. The van der Waals surface area contributed by atoms with Crippen molar-refractivity contribution in [3.63, 3.8) is 0 Å². The molecule has 0 saturated heterocycles. The minimum Gasteiger partial charge on any atom is -0.508 e. The first kappa shape index (κ1) is 16.1. The molecule has 1 aromatic rings. The topological polar surface area (TPSA) is 85.3 Å². The van der Waals surface area contributed by atoms with Gasteiger partial charge in [0.2, 0.25) is 0 Å². The third-order valence-electron chi connectivity index (χ3n) is 3.06. The van der Waals surface area contributed by atoms with Crippen molar-refractivity contribution in [2.45, 2.75) is 0 Å². The van der Waals surface area contributed by atoms with Crippen LogP contribution in [0.15, 0.2) is 29.5 Å². The second kappa shape index (κ2) is 6.67. The minimum atomic E-state index is -0.715. The molecule has 22 heavy (non-hydrogen) atoms. The Balaban J connectivity index is 2.57. The fourth-order valence-electron chi connectivity index (χ4n) is 2.05. The van der Waals surface area contributed by atoms with E-state index in [-0.39, 0.29) is 35.4 Å². The number of rotatable bonds is 3. The van der Waals surface area contributed by atoms with E-state index in [2.05, 4.69) is 4.74 Å². The average molecular weight is 328 g/mol. The molecule has 118 valence electrons. The Bertz CT molecular complexity index is 642. The second-order valence-corrected chi connectivity index (χ2v) is 4.76. The summed E-state index contributed by atoms with van der Waals surface area (Å²) in [6.45, 7) is -0.0846. The van der Waals surface area contributed by atoms with Gasteiger partial charge in [0.1, 0.15) is 18.2 Å². The maximum Gasteiger partial charge on any atom is 0.355 e. The number of esters is 2. The molecule has 0 amide bonds. The standard InChI is InChI=1S/C14H14ClNO6/c1-20-13(18)9-6-22-7-16(12(9)14(19)21-2)11-4-3-8(17)5-10(11)15/h3-5,17H,6-7H2,1-2H3. The molecule has 1 N–H and O–H groups in total. The SMILES string of the molecule is COC(=O)C1=C(C(=O)OC)N(c2ccc(O)cc2Cl)COC1. The van der Waals surface area contributed by atoms with E-state index in [0.29, 0.717) is 5.69 Å². The third kappa shape index (κ3) is 3.00. The third-order valence-corrected chi connectivity index (χ3v) is 3.36. The largest absolute Gasteiger partial charge is 0.508 e. The lowest BCUT2D eigenvalue weighted by Gasteiger charge is -2.31. The van der Waals surface area contributed by atoms with Gasteiger partial charge in [-0.1, -0.05) is 11.6 Å². The Hall–Kier alpha value is -2.25. The van der Waals surface area contributed by atoms with Crippen molar-refractivity contribution in [2.24, 2.45) is 0 Å². The van der Waals surface area contributed by atoms with Crippen LogP contribution in [0.2, 0.25) is 5.02 Å². The highest BCUT2D eigenvalue weighted by Crippen LogP contribution is 2.34. The Morgan fingerprint density at radius 2 is 1.95 bits per heavy atom. The van der Waals surface area contributed by atoms with E-state index in [1.54, 1.807) is 0 Å². The van der Waals surface area contributed by atoms with Gasteiger partial charge in [0.05, 0.1) is 37.1 Å². The van der Waals surface area contributed by atoms with Crippen molar-refractivity contribution in [2.75, 3.05) is 32.5 Å². The zero-order valence-corrected chi connectivity index (χ0v) is 12.7. The highest BCUT2D eigenvalue weighted by molar-refractivity contribution is 6.33. The predicted molar refractivity (Wildman–Crippen MR) is 77.5 cm³/mol. The highest BCUT2D eigenvalue weighted by Gasteiger charge is 2.33. The van der Waals surface area contributed by atoms with E-state index in [4.69, 9.17) is 21.1 Å². The predicted octanol–water partition coefficient (Wildman–Crippen LogP) is 1.44. The first-order valence-corrected chi connectivity index (χ1v) is 6.61. The van der Waals surface area contributed by atoms with Gasteiger partial charge in [0, 0.05) is 6.07 Å². The molecule has 0 saturated carbocycles. The number of aromatic hydroxyl groups is 1. The van der Waals surface area contributed by atoms with Gasteiger partial charge in [0.25, 0.3) is 0 Å². The van der Waals surface area contributed by atoms with Crippen LogP contribution in [0.4, 0.5) is 5.69 Å². The van der Waals surface area contributed by atoms with E-state index < -0.39 is 11.9 Å². The first-order chi connectivity index (χ1) is 10.5. The Labute approximate surface area is 131 Å². The number of phenols is 1. The average Bonchev–Trinajstić information content (AvgIpc) is 2.52. The van der Waals surface area contributed by atoms with Crippen LogP contribution in [0.5, 0.6) is 5.75 Å². The molecule has 0 fully saturated rings. The lowest BCUT2D eigenvalue weighted by Crippen LogP contribution is -2.38. The summed E-state index contributed by atoms with van der Waals surface area (Å²) in [6.07, 6.45) is 0. The van der Waals surface area contributed by atoms with Crippen LogP contribution in [-0.4, -0.2) is 44.6 Å². The number of hydrogen-bond acceptors (Lipinski definition) is 7. The van der Waals surface area contributed by atoms with Gasteiger partial charge in [-0.15, -0.1) is 0 Å². The molecule has 0 aliphatic carbocycles. The Morgan fingerprint density at radius 1 is 1.27 bits per heavy atom. The van der Waals surface area contributed by atoms with Gasteiger partial charge in [-0.05, 0) is 12.1 Å². The molecule has 1 heterocycles. The molecular weight excluding hydrogens is 314 g/mol. The molecule has 0 radical (unpaired) electrons. The minimum absolute atomic E-state index is 0.00454. The van der Waals surface area contributed by atoms with Crippen molar-refractivity contribution < 1.29 is 28.9 Å². The molecule has 0 spiro atoms. The quantitative estimate of drug-likeness (QED) is 0.841. The van der Waals surface area contributed by atoms with Crippen molar-refractivity contribution in [3.8, 4) is 5.75 Å². The molecule has 0 unspecified atom stereocenters. The lowest BCUT2D eigenvalue weighted by atomic mass is 10.1. The second-order valence-electron chi connectivity index (χ2n) is 4.35.